The molecule has 1 aliphatic heterocycles. The Bertz CT molecular complexity index is 417. The zero-order chi connectivity index (χ0) is 13.0. The average molecular weight is 251 g/mol. The van der Waals surface area contributed by atoms with Crippen molar-refractivity contribution in [1.82, 2.24) is 9.97 Å². The van der Waals surface area contributed by atoms with Gasteiger partial charge in [-0.15, -0.1) is 0 Å². The average Bonchev–Trinajstić information content (AvgIpc) is 2.39. The fourth-order valence-corrected chi connectivity index (χ4v) is 2.20. The van der Waals surface area contributed by atoms with Gasteiger partial charge in [0.05, 0.1) is 19.5 Å². The Morgan fingerprint density at radius 1 is 1.50 bits per heavy atom. The number of anilines is 1. The van der Waals surface area contributed by atoms with Crippen molar-refractivity contribution in [2.75, 3.05) is 25.1 Å². The first-order chi connectivity index (χ1) is 8.69. The SMILES string of the molecule is COc1cncc(N2CCC(CC(=O)O)CC2)n1. The second-order valence-corrected chi connectivity index (χ2v) is 4.45. The van der Waals surface area contributed by atoms with Crippen LogP contribution in [-0.2, 0) is 4.79 Å². The number of nitrogens with zero attached hydrogens (tertiary/aromatic N) is 3. The molecule has 1 fully saturated rings. The largest absolute Gasteiger partial charge is 0.481 e. The zero-order valence-corrected chi connectivity index (χ0v) is 10.4. The van der Waals surface area contributed by atoms with Gasteiger partial charge in [-0.05, 0) is 18.8 Å². The van der Waals surface area contributed by atoms with Gasteiger partial charge >= 0.3 is 5.97 Å². The Hall–Kier alpha value is -1.85. The van der Waals surface area contributed by atoms with E-state index in [2.05, 4.69) is 14.9 Å². The third-order valence-corrected chi connectivity index (χ3v) is 3.21. The molecule has 0 atom stereocenters. The molecule has 0 saturated carbocycles. The van der Waals surface area contributed by atoms with Crippen molar-refractivity contribution in [2.45, 2.75) is 19.3 Å². The molecule has 2 heterocycles. The number of carboxylic acids is 1. The lowest BCUT2D eigenvalue weighted by Crippen LogP contribution is -2.35. The zero-order valence-electron chi connectivity index (χ0n) is 10.4. The first-order valence-electron chi connectivity index (χ1n) is 6.02. The standard InChI is InChI=1S/C12H17N3O3/c1-18-11-8-13-7-10(14-11)15-4-2-9(3-5-15)6-12(16)17/h7-9H,2-6H2,1H3,(H,16,17). The van der Waals surface area contributed by atoms with E-state index in [9.17, 15) is 4.79 Å². The number of hydrogen-bond donors (Lipinski definition) is 1. The van der Waals surface area contributed by atoms with Gasteiger partial charge in [-0.3, -0.25) is 9.78 Å². The van der Waals surface area contributed by atoms with E-state index in [4.69, 9.17) is 9.84 Å². The molecule has 1 saturated heterocycles. The van der Waals surface area contributed by atoms with Gasteiger partial charge in [0.2, 0.25) is 5.88 Å². The van der Waals surface area contributed by atoms with Gasteiger partial charge in [0, 0.05) is 19.5 Å². The second-order valence-electron chi connectivity index (χ2n) is 4.45. The molecule has 0 aliphatic carbocycles. The number of methoxy groups -OCH3 is 1. The third kappa shape index (κ3) is 3.09. The summed E-state index contributed by atoms with van der Waals surface area (Å²) in [6, 6.07) is 0. The van der Waals surface area contributed by atoms with Crippen LogP contribution in [0.4, 0.5) is 5.82 Å². The third-order valence-electron chi connectivity index (χ3n) is 3.21. The summed E-state index contributed by atoms with van der Waals surface area (Å²) in [7, 11) is 1.56. The summed E-state index contributed by atoms with van der Waals surface area (Å²) in [5.41, 5.74) is 0. The number of ether oxygens (including phenoxy) is 1. The van der Waals surface area contributed by atoms with Gasteiger partial charge in [0.25, 0.3) is 0 Å². The highest BCUT2D eigenvalue weighted by atomic mass is 16.5. The molecule has 1 aliphatic rings. The molecule has 0 unspecified atom stereocenters. The molecule has 1 aromatic heterocycles. The lowest BCUT2D eigenvalue weighted by molar-refractivity contribution is -0.138. The Kier molecular flexibility index (Phi) is 3.96. The summed E-state index contributed by atoms with van der Waals surface area (Å²) in [4.78, 5) is 21.2. The number of aliphatic carboxylic acids is 1. The van der Waals surface area contributed by atoms with Crippen LogP contribution in [0.1, 0.15) is 19.3 Å². The van der Waals surface area contributed by atoms with E-state index in [0.29, 0.717) is 5.88 Å². The predicted molar refractivity (Wildman–Crippen MR) is 65.8 cm³/mol. The van der Waals surface area contributed by atoms with E-state index in [0.717, 1.165) is 31.7 Å². The second kappa shape index (κ2) is 5.66. The number of rotatable bonds is 4. The Morgan fingerprint density at radius 3 is 2.83 bits per heavy atom. The number of carboxylic acid groups (broad SMARTS) is 1. The van der Waals surface area contributed by atoms with Crippen molar-refractivity contribution in [3.63, 3.8) is 0 Å². The van der Waals surface area contributed by atoms with E-state index in [1.165, 1.54) is 0 Å². The number of piperidine rings is 1. The molecule has 1 N–H and O–H groups in total. The van der Waals surface area contributed by atoms with Crippen LogP contribution in [0.25, 0.3) is 0 Å². The molecule has 0 spiro atoms. The van der Waals surface area contributed by atoms with Crippen LogP contribution in [0.5, 0.6) is 5.88 Å². The Morgan fingerprint density at radius 2 is 2.22 bits per heavy atom. The van der Waals surface area contributed by atoms with Gasteiger partial charge < -0.3 is 14.7 Å². The maximum Gasteiger partial charge on any atom is 0.303 e. The highest BCUT2D eigenvalue weighted by Crippen LogP contribution is 2.24. The van der Waals surface area contributed by atoms with Crippen molar-refractivity contribution in [2.24, 2.45) is 5.92 Å². The van der Waals surface area contributed by atoms with Crippen LogP contribution < -0.4 is 9.64 Å². The van der Waals surface area contributed by atoms with Crippen molar-refractivity contribution in [3.8, 4) is 5.88 Å². The maximum absolute atomic E-state index is 10.7. The van der Waals surface area contributed by atoms with Crippen LogP contribution in [0, 0.1) is 5.92 Å². The molecule has 0 amide bonds. The smallest absolute Gasteiger partial charge is 0.303 e. The molecular formula is C12H17N3O3. The van der Waals surface area contributed by atoms with E-state index < -0.39 is 5.97 Å². The molecular weight excluding hydrogens is 234 g/mol. The normalized spacial score (nSPS) is 16.6. The first-order valence-corrected chi connectivity index (χ1v) is 6.02. The highest BCUT2D eigenvalue weighted by molar-refractivity contribution is 5.67. The highest BCUT2D eigenvalue weighted by Gasteiger charge is 2.22. The number of hydrogen-bond acceptors (Lipinski definition) is 5. The lowest BCUT2D eigenvalue weighted by Gasteiger charge is -2.31. The Labute approximate surface area is 106 Å². The molecule has 6 nitrogen and oxygen atoms in total. The summed E-state index contributed by atoms with van der Waals surface area (Å²) >= 11 is 0. The molecule has 98 valence electrons. The monoisotopic (exact) mass is 251 g/mol. The minimum atomic E-state index is -0.713. The first kappa shape index (κ1) is 12.6. The number of aromatic nitrogens is 2. The van der Waals surface area contributed by atoms with Crippen LogP contribution in [0.2, 0.25) is 0 Å². The minimum Gasteiger partial charge on any atom is -0.481 e. The molecule has 1 aromatic rings. The topological polar surface area (TPSA) is 75.5 Å². The fraction of sp³-hybridized carbons (Fsp3) is 0.583. The predicted octanol–water partition coefficient (Wildman–Crippen LogP) is 1.18. The van der Waals surface area contributed by atoms with Crippen LogP contribution in [0.3, 0.4) is 0 Å². The summed E-state index contributed by atoms with van der Waals surface area (Å²) in [5, 5.41) is 8.76. The minimum absolute atomic E-state index is 0.262. The van der Waals surface area contributed by atoms with Gasteiger partial charge in [-0.2, -0.15) is 4.98 Å². The van der Waals surface area contributed by atoms with Crippen molar-refractivity contribution < 1.29 is 14.6 Å². The van der Waals surface area contributed by atoms with Crippen molar-refractivity contribution in [1.29, 1.82) is 0 Å². The Balaban J connectivity index is 1.94. The van der Waals surface area contributed by atoms with E-state index in [1.807, 2.05) is 0 Å². The van der Waals surface area contributed by atoms with Gasteiger partial charge in [-0.25, -0.2) is 0 Å². The van der Waals surface area contributed by atoms with Crippen LogP contribution in [-0.4, -0.2) is 41.2 Å². The lowest BCUT2D eigenvalue weighted by atomic mass is 9.94. The molecule has 0 radical (unpaired) electrons. The summed E-state index contributed by atoms with van der Waals surface area (Å²) in [5.74, 6) is 0.857. The fourth-order valence-electron chi connectivity index (χ4n) is 2.20. The quantitative estimate of drug-likeness (QED) is 0.866. The van der Waals surface area contributed by atoms with Crippen LogP contribution >= 0.6 is 0 Å². The molecule has 6 heteroatoms. The number of carbonyl (C=O) groups is 1. The summed E-state index contributed by atoms with van der Waals surface area (Å²) in [6.07, 6.45) is 5.30. The summed E-state index contributed by atoms with van der Waals surface area (Å²) in [6.45, 7) is 1.64. The maximum atomic E-state index is 10.7. The van der Waals surface area contributed by atoms with Crippen molar-refractivity contribution in [3.05, 3.63) is 12.4 Å². The summed E-state index contributed by atoms with van der Waals surface area (Å²) < 4.78 is 5.04. The van der Waals surface area contributed by atoms with Crippen LogP contribution in [0.15, 0.2) is 12.4 Å². The van der Waals surface area contributed by atoms with Gasteiger partial charge in [0.15, 0.2) is 5.82 Å². The van der Waals surface area contributed by atoms with E-state index >= 15 is 0 Å². The van der Waals surface area contributed by atoms with Gasteiger partial charge in [0.1, 0.15) is 0 Å². The van der Waals surface area contributed by atoms with E-state index in [-0.39, 0.29) is 12.3 Å². The van der Waals surface area contributed by atoms with Gasteiger partial charge in [-0.1, -0.05) is 0 Å². The molecule has 18 heavy (non-hydrogen) atoms. The van der Waals surface area contributed by atoms with E-state index in [1.54, 1.807) is 19.5 Å². The molecule has 0 aromatic carbocycles. The molecule has 0 bridgehead atoms. The molecule has 2 rings (SSSR count). The van der Waals surface area contributed by atoms with Crippen molar-refractivity contribution >= 4 is 11.8 Å².